The molecule has 0 amide bonds. The Kier molecular flexibility index (Phi) is 13.0. The van der Waals surface area contributed by atoms with Crippen molar-refractivity contribution in [3.05, 3.63) is 374 Å². The molecule has 17 aromatic carbocycles. The van der Waals surface area contributed by atoms with Crippen molar-refractivity contribution in [3.8, 4) is 55.9 Å². The summed E-state index contributed by atoms with van der Waals surface area (Å²) in [5.41, 5.74) is 27.4. The summed E-state index contributed by atoms with van der Waals surface area (Å²) in [5.74, 6) is -0.249. The first-order valence-corrected chi connectivity index (χ1v) is 36.0. The molecule has 103 heavy (non-hydrogen) atoms. The fourth-order valence-electron chi connectivity index (χ4n) is 17.8. The Morgan fingerprint density at radius 1 is 0.243 bits per heavy atom. The summed E-state index contributed by atoms with van der Waals surface area (Å²) >= 11 is 0. The van der Waals surface area contributed by atoms with Crippen LogP contribution in [0.5, 0.6) is 0 Å². The predicted molar refractivity (Wildman–Crippen MR) is 436 cm³/mol. The lowest BCUT2D eigenvalue weighted by Crippen LogP contribution is -2.31. The number of nitrogens with zero attached hydrogens (tertiary/aromatic N) is 4. The summed E-state index contributed by atoms with van der Waals surface area (Å²) in [5, 5.41) is 14.6. The first kappa shape index (κ1) is 58.9. The average molecular weight is 1310 g/mol. The van der Waals surface area contributed by atoms with Crippen LogP contribution in [0.15, 0.2) is 352 Å². The molecule has 0 saturated heterocycles. The number of benzene rings is 17. The third kappa shape index (κ3) is 8.90. The Bertz CT molecular complexity index is 6580. The van der Waals surface area contributed by atoms with Gasteiger partial charge in [-0.3, -0.25) is 0 Å². The number of aromatic nitrogens is 2. The van der Waals surface area contributed by atoms with Gasteiger partial charge in [0.05, 0.1) is 56.2 Å². The van der Waals surface area contributed by atoms with Gasteiger partial charge in [0.1, 0.15) is 0 Å². The third-order valence-corrected chi connectivity index (χ3v) is 22.4. The second-order valence-electron chi connectivity index (χ2n) is 29.0. The molecular weight excluding hydrogens is 1250 g/mol. The number of hydrogen-bond acceptors (Lipinski definition) is 2. The highest BCUT2D eigenvalue weighted by Crippen LogP contribution is 2.65. The first-order chi connectivity index (χ1) is 50.8. The standard InChI is InChI=1S/C99H68N4/c1-99(2,3)66-58-93-96-94(59-66)103(98-82(75-44-25-43-74-69-33-12-10-31-64(69)51-54-77(74)75)45-26-46-83(98)86-57-65-32-11-13-34-70(65)73-35-14-15-36-76(73)86)92-61-68(101-89-49-22-18-39-80(89)81-40-19-23-50-90(81)101)53-56-85(92)95(96)84-55-52-67(100-87-47-20-16-37-78(87)79-38-17-21-48-88(79)100)60-91(84)102(93)97-71(62-27-6-4-7-28-62)41-24-42-72(97)63-29-8-5-9-30-63/h4-61,95H,1-3H3. The van der Waals surface area contributed by atoms with Crippen LogP contribution < -0.4 is 9.80 Å². The third-order valence-electron chi connectivity index (χ3n) is 22.4. The van der Waals surface area contributed by atoms with Gasteiger partial charge in [-0.25, -0.2) is 0 Å². The molecule has 0 saturated carbocycles. The maximum Gasteiger partial charge on any atom is 0.0619 e. The zero-order valence-electron chi connectivity index (χ0n) is 57.4. The van der Waals surface area contributed by atoms with E-state index in [-0.39, 0.29) is 11.3 Å². The van der Waals surface area contributed by atoms with Gasteiger partial charge in [-0.15, -0.1) is 0 Å². The molecule has 0 N–H and O–H groups in total. The van der Waals surface area contributed by atoms with E-state index < -0.39 is 0 Å². The van der Waals surface area contributed by atoms with E-state index in [1.54, 1.807) is 0 Å². The van der Waals surface area contributed by atoms with Crippen LogP contribution in [0.25, 0.3) is 143 Å². The zero-order valence-corrected chi connectivity index (χ0v) is 57.4. The Hall–Kier alpha value is -13.0. The van der Waals surface area contributed by atoms with Crippen molar-refractivity contribution in [1.29, 1.82) is 0 Å². The van der Waals surface area contributed by atoms with E-state index in [4.69, 9.17) is 0 Å². The van der Waals surface area contributed by atoms with E-state index in [9.17, 15) is 0 Å². The lowest BCUT2D eigenvalue weighted by molar-refractivity contribution is 0.590. The molecule has 0 radical (unpaired) electrons. The Balaban J connectivity index is 0.951. The molecule has 2 aliphatic heterocycles. The van der Waals surface area contributed by atoms with Crippen molar-refractivity contribution in [2.75, 3.05) is 9.80 Å². The van der Waals surface area contributed by atoms with Gasteiger partial charge in [0.25, 0.3) is 0 Å². The first-order valence-electron chi connectivity index (χ1n) is 36.0. The average Bonchev–Trinajstić information content (AvgIpc) is 0.816. The maximum atomic E-state index is 2.75. The lowest BCUT2D eigenvalue weighted by Gasteiger charge is -2.47. The molecule has 0 bridgehead atoms. The topological polar surface area (TPSA) is 16.3 Å². The minimum absolute atomic E-state index is 0.249. The van der Waals surface area contributed by atoms with Gasteiger partial charge in [-0.05, 0) is 154 Å². The van der Waals surface area contributed by atoms with Crippen molar-refractivity contribution in [1.82, 2.24) is 9.13 Å². The highest BCUT2D eigenvalue weighted by atomic mass is 15.2. The van der Waals surface area contributed by atoms with E-state index in [1.807, 2.05) is 0 Å². The molecule has 4 heteroatoms. The van der Waals surface area contributed by atoms with Crippen molar-refractivity contribution in [3.63, 3.8) is 0 Å². The van der Waals surface area contributed by atoms with E-state index in [1.165, 1.54) is 109 Å². The van der Waals surface area contributed by atoms with Gasteiger partial charge < -0.3 is 18.9 Å². The van der Waals surface area contributed by atoms with Crippen molar-refractivity contribution >= 4 is 121 Å². The maximum absolute atomic E-state index is 2.75. The monoisotopic (exact) mass is 1310 g/mol. The van der Waals surface area contributed by atoms with E-state index in [2.05, 4.69) is 392 Å². The van der Waals surface area contributed by atoms with Gasteiger partial charge in [-0.1, -0.05) is 306 Å². The van der Waals surface area contributed by atoms with Crippen LogP contribution >= 0.6 is 0 Å². The number of anilines is 6. The molecule has 21 rings (SSSR count). The zero-order chi connectivity index (χ0) is 68.2. The number of rotatable bonds is 8. The molecule has 4 heterocycles. The minimum Gasteiger partial charge on any atom is -0.309 e. The predicted octanol–water partition coefficient (Wildman–Crippen LogP) is 27.2. The quantitative estimate of drug-likeness (QED) is 0.141. The SMILES string of the molecule is CC(C)(C)c1cc2c3c(c1)N(c1c(-c4cccc5c4ccc4ccccc45)cccc1-c1cc4ccccc4c4ccccc14)c1cc(-n4c5ccccc5c5ccccc54)ccc1C3c1ccc(-n3c4ccccc4c4ccccc43)cc1N2c1c(-c2ccccc2)cccc1-c1ccccc1. The molecule has 2 aromatic heterocycles. The van der Waals surface area contributed by atoms with Crippen molar-refractivity contribution in [2.24, 2.45) is 0 Å². The van der Waals surface area contributed by atoms with Crippen molar-refractivity contribution in [2.45, 2.75) is 32.1 Å². The number of para-hydroxylation sites is 6. The molecule has 2 aliphatic rings. The van der Waals surface area contributed by atoms with Crippen LogP contribution in [0.1, 0.15) is 48.9 Å². The fourth-order valence-corrected chi connectivity index (χ4v) is 17.8. The number of hydrogen-bond donors (Lipinski definition) is 0. The molecule has 4 nitrogen and oxygen atoms in total. The van der Waals surface area contributed by atoms with Gasteiger partial charge in [0, 0.05) is 66.7 Å². The molecule has 1 unspecified atom stereocenters. The van der Waals surface area contributed by atoms with E-state index in [0.717, 1.165) is 89.9 Å². The Morgan fingerprint density at radius 3 is 1.12 bits per heavy atom. The summed E-state index contributed by atoms with van der Waals surface area (Å²) in [6.45, 7) is 7.20. The van der Waals surface area contributed by atoms with Crippen LogP contribution in [0, 0.1) is 0 Å². The lowest BCUT2D eigenvalue weighted by atomic mass is 9.73. The Labute approximate surface area is 598 Å². The molecule has 19 aromatic rings. The van der Waals surface area contributed by atoms with E-state index in [0.29, 0.717) is 0 Å². The number of fused-ring (bicyclic) bond motifs is 16. The molecule has 1 atom stereocenters. The largest absolute Gasteiger partial charge is 0.309 e. The molecule has 484 valence electrons. The van der Waals surface area contributed by atoms with Crippen LogP contribution in [-0.2, 0) is 5.41 Å². The van der Waals surface area contributed by atoms with Gasteiger partial charge in [-0.2, -0.15) is 0 Å². The minimum atomic E-state index is -0.344. The molecule has 0 aliphatic carbocycles. The summed E-state index contributed by atoms with van der Waals surface area (Å²) < 4.78 is 5.01. The van der Waals surface area contributed by atoms with E-state index >= 15 is 0 Å². The Morgan fingerprint density at radius 2 is 0.612 bits per heavy atom. The molecular formula is C99H68N4. The molecule has 0 fully saturated rings. The van der Waals surface area contributed by atoms with Crippen LogP contribution in [-0.4, -0.2) is 9.13 Å². The summed E-state index contributed by atoms with van der Waals surface area (Å²) in [7, 11) is 0. The summed E-state index contributed by atoms with van der Waals surface area (Å²) in [4.78, 5) is 5.46. The second kappa shape index (κ2) is 22.8. The van der Waals surface area contributed by atoms with Gasteiger partial charge in [0.2, 0.25) is 0 Å². The second-order valence-corrected chi connectivity index (χ2v) is 29.0. The summed E-state index contributed by atoms with van der Waals surface area (Å²) in [6, 6.07) is 133. The highest BCUT2D eigenvalue weighted by Gasteiger charge is 2.45. The van der Waals surface area contributed by atoms with Crippen molar-refractivity contribution < 1.29 is 0 Å². The fraction of sp³-hybridized carbons (Fsp3) is 0.0505. The highest BCUT2D eigenvalue weighted by molar-refractivity contribution is 6.19. The smallest absolute Gasteiger partial charge is 0.0619 e. The van der Waals surface area contributed by atoms with Crippen LogP contribution in [0.2, 0.25) is 0 Å². The summed E-state index contributed by atoms with van der Waals surface area (Å²) in [6.07, 6.45) is 0. The molecule has 0 spiro atoms. The van der Waals surface area contributed by atoms with Gasteiger partial charge >= 0.3 is 0 Å². The van der Waals surface area contributed by atoms with Crippen LogP contribution in [0.3, 0.4) is 0 Å². The normalized spacial score (nSPS) is 13.4. The van der Waals surface area contributed by atoms with Gasteiger partial charge in [0.15, 0.2) is 0 Å². The van der Waals surface area contributed by atoms with Crippen LogP contribution in [0.4, 0.5) is 34.1 Å².